The second-order valence-corrected chi connectivity index (χ2v) is 6.00. The van der Waals surface area contributed by atoms with E-state index in [1.807, 2.05) is 0 Å². The van der Waals surface area contributed by atoms with Gasteiger partial charge in [-0.1, -0.05) is 11.6 Å². The molecule has 1 N–H and O–H groups in total. The molecule has 1 unspecified atom stereocenters. The molecule has 0 radical (unpaired) electrons. The van der Waals surface area contributed by atoms with E-state index in [1.165, 1.54) is 11.2 Å². The smallest absolute Gasteiger partial charge is 0.303 e. The summed E-state index contributed by atoms with van der Waals surface area (Å²) >= 11 is 7.78. The van der Waals surface area contributed by atoms with E-state index in [2.05, 4.69) is 9.97 Å². The van der Waals surface area contributed by atoms with Crippen LogP contribution in [-0.4, -0.2) is 21.0 Å². The van der Waals surface area contributed by atoms with Crippen molar-refractivity contribution in [1.82, 2.24) is 9.97 Å². The Morgan fingerprint density at radius 2 is 2.39 bits per heavy atom. The lowest BCUT2D eigenvalue weighted by atomic mass is 9.85. The number of hydrogen-bond acceptors (Lipinski definition) is 4. The summed E-state index contributed by atoms with van der Waals surface area (Å²) in [5, 5.41) is 10.3. The van der Waals surface area contributed by atoms with E-state index in [0.29, 0.717) is 5.15 Å². The van der Waals surface area contributed by atoms with Gasteiger partial charge < -0.3 is 5.11 Å². The van der Waals surface area contributed by atoms with Crippen LogP contribution in [0.4, 0.5) is 0 Å². The van der Waals surface area contributed by atoms with Crippen LogP contribution < -0.4 is 0 Å². The summed E-state index contributed by atoms with van der Waals surface area (Å²) in [5.74, 6) is -0.533. The number of carbonyl (C=O) groups is 1. The standard InChI is InChI=1S/C12H11ClN2O2S/c13-11-10-7-3-6(4-9(16)17)1-2-8(7)18-12(10)15-5-14-11/h5-6H,1-4H2,(H,16,17). The van der Waals surface area contributed by atoms with Crippen molar-refractivity contribution in [3.05, 3.63) is 21.9 Å². The first-order valence-corrected chi connectivity index (χ1v) is 6.97. The van der Waals surface area contributed by atoms with E-state index >= 15 is 0 Å². The van der Waals surface area contributed by atoms with Crippen LogP contribution >= 0.6 is 22.9 Å². The molecule has 2 heterocycles. The molecule has 94 valence electrons. The molecule has 0 amide bonds. The average Bonchev–Trinajstić information content (AvgIpc) is 2.67. The molecule has 0 spiro atoms. The van der Waals surface area contributed by atoms with Crippen molar-refractivity contribution in [3.8, 4) is 0 Å². The van der Waals surface area contributed by atoms with E-state index in [0.717, 1.165) is 35.0 Å². The highest BCUT2D eigenvalue weighted by Gasteiger charge is 2.26. The molecule has 1 aliphatic rings. The number of thiophene rings is 1. The number of hydrogen-bond donors (Lipinski definition) is 1. The molecule has 3 rings (SSSR count). The van der Waals surface area contributed by atoms with Crippen LogP contribution in [-0.2, 0) is 17.6 Å². The van der Waals surface area contributed by atoms with Gasteiger partial charge in [0.05, 0.1) is 5.39 Å². The van der Waals surface area contributed by atoms with Crippen LogP contribution in [0.1, 0.15) is 23.3 Å². The number of aromatic nitrogens is 2. The Hall–Kier alpha value is -1.20. The van der Waals surface area contributed by atoms with Crippen LogP contribution in [0.5, 0.6) is 0 Å². The largest absolute Gasteiger partial charge is 0.481 e. The van der Waals surface area contributed by atoms with Crippen molar-refractivity contribution in [1.29, 1.82) is 0 Å². The van der Waals surface area contributed by atoms with Gasteiger partial charge in [-0.05, 0) is 30.7 Å². The number of fused-ring (bicyclic) bond motifs is 3. The maximum absolute atomic E-state index is 10.8. The van der Waals surface area contributed by atoms with Crippen LogP contribution in [0.15, 0.2) is 6.33 Å². The molecule has 0 aromatic carbocycles. The fourth-order valence-corrected chi connectivity index (χ4v) is 4.05. The molecule has 0 saturated heterocycles. The van der Waals surface area contributed by atoms with Gasteiger partial charge in [0.2, 0.25) is 0 Å². The molecule has 18 heavy (non-hydrogen) atoms. The third-order valence-corrected chi connectivity index (χ3v) is 4.85. The predicted molar refractivity (Wildman–Crippen MR) is 70.2 cm³/mol. The van der Waals surface area contributed by atoms with E-state index in [4.69, 9.17) is 16.7 Å². The van der Waals surface area contributed by atoms with E-state index in [1.54, 1.807) is 11.3 Å². The summed E-state index contributed by atoms with van der Waals surface area (Å²) in [5.41, 5.74) is 1.16. The van der Waals surface area contributed by atoms with E-state index in [9.17, 15) is 4.79 Å². The zero-order valence-electron chi connectivity index (χ0n) is 9.52. The highest BCUT2D eigenvalue weighted by molar-refractivity contribution is 7.19. The molecule has 0 bridgehead atoms. The minimum absolute atomic E-state index is 0.198. The molecule has 1 aliphatic carbocycles. The maximum Gasteiger partial charge on any atom is 0.303 e. The Morgan fingerprint density at radius 1 is 1.56 bits per heavy atom. The highest BCUT2D eigenvalue weighted by atomic mass is 35.5. The second kappa shape index (κ2) is 4.48. The Morgan fingerprint density at radius 3 is 3.17 bits per heavy atom. The number of nitrogens with zero attached hydrogens (tertiary/aromatic N) is 2. The third kappa shape index (κ3) is 1.97. The summed E-state index contributed by atoms with van der Waals surface area (Å²) in [6.45, 7) is 0. The van der Waals surface area contributed by atoms with Crippen LogP contribution in [0.3, 0.4) is 0 Å². The van der Waals surface area contributed by atoms with Gasteiger partial charge in [0, 0.05) is 11.3 Å². The topological polar surface area (TPSA) is 63.1 Å². The van der Waals surface area contributed by atoms with E-state index < -0.39 is 5.97 Å². The van der Waals surface area contributed by atoms with Crippen molar-refractivity contribution in [3.63, 3.8) is 0 Å². The average molecular weight is 283 g/mol. The van der Waals surface area contributed by atoms with Crippen LogP contribution in [0.2, 0.25) is 5.15 Å². The lowest BCUT2D eigenvalue weighted by molar-refractivity contribution is -0.138. The number of rotatable bonds is 2. The highest BCUT2D eigenvalue weighted by Crippen LogP contribution is 2.40. The van der Waals surface area contributed by atoms with Crippen LogP contribution in [0.25, 0.3) is 10.2 Å². The molecule has 0 fully saturated rings. The van der Waals surface area contributed by atoms with E-state index in [-0.39, 0.29) is 12.3 Å². The number of carboxylic acid groups (broad SMARTS) is 1. The molecule has 0 aliphatic heterocycles. The summed E-state index contributed by atoms with van der Waals surface area (Å²) in [4.78, 5) is 21.3. The molecule has 0 saturated carbocycles. The van der Waals surface area contributed by atoms with Crippen molar-refractivity contribution in [2.45, 2.75) is 25.7 Å². The SMILES string of the molecule is O=C(O)CC1CCc2sc3ncnc(Cl)c3c2C1. The first-order valence-electron chi connectivity index (χ1n) is 5.77. The minimum atomic E-state index is -0.731. The van der Waals surface area contributed by atoms with Gasteiger partial charge in [-0.25, -0.2) is 9.97 Å². The van der Waals surface area contributed by atoms with Gasteiger partial charge in [-0.3, -0.25) is 4.79 Å². The van der Waals surface area contributed by atoms with Gasteiger partial charge in [-0.2, -0.15) is 0 Å². The predicted octanol–water partition coefficient (Wildman–Crippen LogP) is 2.92. The summed E-state index contributed by atoms with van der Waals surface area (Å²) in [7, 11) is 0. The Kier molecular flexibility index (Phi) is 2.95. The zero-order valence-corrected chi connectivity index (χ0v) is 11.1. The number of aliphatic carboxylic acids is 1. The summed E-state index contributed by atoms with van der Waals surface area (Å²) in [6.07, 6.45) is 4.32. The van der Waals surface area contributed by atoms with Gasteiger partial charge in [0.15, 0.2) is 0 Å². The fourth-order valence-electron chi connectivity index (χ4n) is 2.56. The normalized spacial score (nSPS) is 18.8. The van der Waals surface area contributed by atoms with Crippen LogP contribution in [0, 0.1) is 5.92 Å². The number of halogens is 1. The lowest BCUT2D eigenvalue weighted by Crippen LogP contribution is -2.16. The molecule has 2 aromatic rings. The van der Waals surface area contributed by atoms with Crippen molar-refractivity contribution >= 4 is 39.1 Å². The molecule has 6 heteroatoms. The van der Waals surface area contributed by atoms with Gasteiger partial charge >= 0.3 is 5.97 Å². The monoisotopic (exact) mass is 282 g/mol. The van der Waals surface area contributed by atoms with Crippen molar-refractivity contribution in [2.24, 2.45) is 5.92 Å². The first-order chi connectivity index (χ1) is 8.65. The first kappa shape index (κ1) is 11.9. The minimum Gasteiger partial charge on any atom is -0.481 e. The second-order valence-electron chi connectivity index (χ2n) is 4.56. The number of carboxylic acids is 1. The summed E-state index contributed by atoms with van der Waals surface area (Å²) < 4.78 is 0. The molecule has 2 aromatic heterocycles. The maximum atomic E-state index is 10.8. The molecule has 1 atom stereocenters. The molecular weight excluding hydrogens is 272 g/mol. The number of aryl methyl sites for hydroxylation is 1. The zero-order chi connectivity index (χ0) is 12.7. The molecule has 4 nitrogen and oxygen atoms in total. The quantitative estimate of drug-likeness (QED) is 0.860. The fraction of sp³-hybridized carbons (Fsp3) is 0.417. The third-order valence-electron chi connectivity index (χ3n) is 3.36. The van der Waals surface area contributed by atoms with Crippen molar-refractivity contribution in [2.75, 3.05) is 0 Å². The van der Waals surface area contributed by atoms with Gasteiger partial charge in [0.25, 0.3) is 0 Å². The summed E-state index contributed by atoms with van der Waals surface area (Å²) in [6, 6.07) is 0. The lowest BCUT2D eigenvalue weighted by Gasteiger charge is -2.20. The Labute approximate surface area is 113 Å². The molecular formula is C12H11ClN2O2S. The Balaban J connectivity index is 2.03. The van der Waals surface area contributed by atoms with Gasteiger partial charge in [0.1, 0.15) is 16.3 Å². The van der Waals surface area contributed by atoms with Gasteiger partial charge in [-0.15, -0.1) is 11.3 Å². The van der Waals surface area contributed by atoms with Crippen molar-refractivity contribution < 1.29 is 9.90 Å². The Bertz CT molecular complexity index is 626.